The zero-order chi connectivity index (χ0) is 14.2. The van der Waals surface area contributed by atoms with Crippen LogP contribution < -0.4 is 33.6 Å². The highest BCUT2D eigenvalue weighted by atomic mass is 14.9. The van der Waals surface area contributed by atoms with Crippen molar-refractivity contribution in [3.05, 3.63) is 0 Å². The maximum atomic E-state index is 5.31. The van der Waals surface area contributed by atoms with E-state index in [4.69, 9.17) is 22.9 Å². The molecule has 0 fully saturated rings. The van der Waals surface area contributed by atoms with Crippen molar-refractivity contribution in [3.8, 4) is 0 Å². The molecule has 0 saturated carbocycles. The van der Waals surface area contributed by atoms with Gasteiger partial charge in [-0.15, -0.1) is 0 Å². The fourth-order valence-corrected chi connectivity index (χ4v) is 1.14. The van der Waals surface area contributed by atoms with Crippen LogP contribution in [0.1, 0.15) is 39.5 Å². The first-order valence-electron chi connectivity index (χ1n) is 6.98. The minimum Gasteiger partial charge on any atom is -0.317 e. The summed E-state index contributed by atoms with van der Waals surface area (Å²) in [5, 5.41) is 6.41. The second-order valence-electron chi connectivity index (χ2n) is 4.41. The molecule has 0 aromatic rings. The van der Waals surface area contributed by atoms with Crippen LogP contribution in [0.2, 0.25) is 0 Å². The fraction of sp³-hybridized carbons (Fsp3) is 1.00. The van der Waals surface area contributed by atoms with E-state index in [0.717, 1.165) is 39.0 Å². The van der Waals surface area contributed by atoms with Crippen LogP contribution >= 0.6 is 0 Å². The maximum absolute atomic E-state index is 5.31. The SMILES string of the molecule is CCCNCCC(N)N.CCCNCCC(N)N. The molecule has 6 heteroatoms. The Hall–Kier alpha value is -0.240. The van der Waals surface area contributed by atoms with E-state index < -0.39 is 0 Å². The van der Waals surface area contributed by atoms with Gasteiger partial charge in [-0.1, -0.05) is 13.8 Å². The lowest BCUT2D eigenvalue weighted by molar-refractivity contribution is 0.572. The average Bonchev–Trinajstić information content (AvgIpc) is 2.31. The van der Waals surface area contributed by atoms with Crippen molar-refractivity contribution in [2.75, 3.05) is 26.2 Å². The van der Waals surface area contributed by atoms with E-state index in [1.54, 1.807) is 0 Å². The number of rotatable bonds is 10. The topological polar surface area (TPSA) is 128 Å². The van der Waals surface area contributed by atoms with Crippen molar-refractivity contribution < 1.29 is 0 Å². The summed E-state index contributed by atoms with van der Waals surface area (Å²) in [6.07, 6.45) is 3.74. The highest BCUT2D eigenvalue weighted by molar-refractivity contribution is 4.54. The lowest BCUT2D eigenvalue weighted by atomic mass is 10.3. The van der Waals surface area contributed by atoms with Gasteiger partial charge in [-0.25, -0.2) is 0 Å². The van der Waals surface area contributed by atoms with Crippen LogP contribution in [-0.4, -0.2) is 38.5 Å². The Morgan fingerprint density at radius 2 is 1.00 bits per heavy atom. The predicted octanol–water partition coefficient (Wildman–Crippen LogP) is -0.761. The van der Waals surface area contributed by atoms with E-state index in [-0.39, 0.29) is 12.3 Å². The molecule has 0 spiro atoms. The summed E-state index contributed by atoms with van der Waals surface area (Å²) in [6, 6.07) is 0. The molecule has 0 bridgehead atoms. The summed E-state index contributed by atoms with van der Waals surface area (Å²) >= 11 is 0. The smallest absolute Gasteiger partial charge is 0.0533 e. The normalized spacial score (nSPS) is 10.7. The molecule has 112 valence electrons. The van der Waals surface area contributed by atoms with Crippen LogP contribution in [0.4, 0.5) is 0 Å². The standard InChI is InChI=1S/2C6H17N3/c2*1-2-4-9-5-3-6(7)8/h2*6,9H,2-5,7-8H2,1H3. The molecule has 6 nitrogen and oxygen atoms in total. The first-order chi connectivity index (χ1) is 8.54. The quantitative estimate of drug-likeness (QED) is 0.227. The van der Waals surface area contributed by atoms with Crippen LogP contribution in [0.25, 0.3) is 0 Å². The Bertz CT molecular complexity index is 125. The van der Waals surface area contributed by atoms with Crippen LogP contribution in [0.5, 0.6) is 0 Å². The van der Waals surface area contributed by atoms with E-state index in [1.165, 1.54) is 12.8 Å². The Morgan fingerprint density at radius 3 is 1.22 bits per heavy atom. The van der Waals surface area contributed by atoms with E-state index in [9.17, 15) is 0 Å². The van der Waals surface area contributed by atoms with Gasteiger partial charge in [-0.05, 0) is 51.9 Å². The van der Waals surface area contributed by atoms with Gasteiger partial charge in [0.05, 0.1) is 12.3 Å². The van der Waals surface area contributed by atoms with Crippen LogP contribution in [-0.2, 0) is 0 Å². The first kappa shape index (κ1) is 20.1. The third-order valence-corrected chi connectivity index (χ3v) is 2.16. The molecule has 0 rings (SSSR count). The Labute approximate surface area is 112 Å². The summed E-state index contributed by atoms with van der Waals surface area (Å²) in [5.74, 6) is 0. The van der Waals surface area contributed by atoms with E-state index in [0.29, 0.717) is 0 Å². The monoisotopic (exact) mass is 262 g/mol. The molecular weight excluding hydrogens is 228 g/mol. The zero-order valence-electron chi connectivity index (χ0n) is 12.1. The fourth-order valence-electron chi connectivity index (χ4n) is 1.14. The average molecular weight is 262 g/mol. The van der Waals surface area contributed by atoms with Gasteiger partial charge in [0.25, 0.3) is 0 Å². The van der Waals surface area contributed by atoms with Gasteiger partial charge in [0.2, 0.25) is 0 Å². The number of hydrogen-bond donors (Lipinski definition) is 6. The van der Waals surface area contributed by atoms with Gasteiger partial charge in [0.1, 0.15) is 0 Å². The molecule has 18 heavy (non-hydrogen) atoms. The lowest BCUT2D eigenvalue weighted by Gasteiger charge is -2.04. The minimum atomic E-state index is -0.158. The molecule has 0 unspecified atom stereocenters. The van der Waals surface area contributed by atoms with E-state index in [2.05, 4.69) is 24.5 Å². The molecule has 0 aromatic carbocycles. The third kappa shape index (κ3) is 24.8. The van der Waals surface area contributed by atoms with Crippen molar-refractivity contribution in [2.24, 2.45) is 22.9 Å². The molecule has 0 saturated heterocycles. The van der Waals surface area contributed by atoms with Gasteiger partial charge in [0, 0.05) is 0 Å². The summed E-state index contributed by atoms with van der Waals surface area (Å²) in [7, 11) is 0. The third-order valence-electron chi connectivity index (χ3n) is 2.16. The summed E-state index contributed by atoms with van der Waals surface area (Å²) in [5.41, 5.74) is 21.2. The largest absolute Gasteiger partial charge is 0.317 e. The van der Waals surface area contributed by atoms with Crippen molar-refractivity contribution >= 4 is 0 Å². The van der Waals surface area contributed by atoms with Crippen molar-refractivity contribution in [3.63, 3.8) is 0 Å². The zero-order valence-corrected chi connectivity index (χ0v) is 12.1. The summed E-state index contributed by atoms with van der Waals surface area (Å²) in [6.45, 7) is 8.27. The number of nitrogens with one attached hydrogen (secondary N) is 2. The second kappa shape index (κ2) is 16.8. The van der Waals surface area contributed by atoms with Crippen LogP contribution in [0.15, 0.2) is 0 Å². The molecule has 0 radical (unpaired) electrons. The highest BCUT2D eigenvalue weighted by Crippen LogP contribution is 1.77. The summed E-state index contributed by atoms with van der Waals surface area (Å²) in [4.78, 5) is 0. The molecular formula is C12H34N6. The Kier molecular flexibility index (Phi) is 18.7. The molecule has 0 aromatic heterocycles. The van der Waals surface area contributed by atoms with Gasteiger partial charge < -0.3 is 33.6 Å². The maximum Gasteiger partial charge on any atom is 0.0533 e. The van der Waals surface area contributed by atoms with Crippen LogP contribution in [0.3, 0.4) is 0 Å². The second-order valence-corrected chi connectivity index (χ2v) is 4.41. The van der Waals surface area contributed by atoms with Gasteiger partial charge in [-0.3, -0.25) is 0 Å². The van der Waals surface area contributed by atoms with E-state index in [1.807, 2.05) is 0 Å². The number of hydrogen-bond acceptors (Lipinski definition) is 6. The predicted molar refractivity (Wildman–Crippen MR) is 79.9 cm³/mol. The van der Waals surface area contributed by atoms with Gasteiger partial charge in [-0.2, -0.15) is 0 Å². The Morgan fingerprint density at radius 1 is 0.667 bits per heavy atom. The van der Waals surface area contributed by atoms with E-state index >= 15 is 0 Å². The molecule has 10 N–H and O–H groups in total. The molecule has 0 atom stereocenters. The van der Waals surface area contributed by atoms with Crippen molar-refractivity contribution in [2.45, 2.75) is 51.9 Å². The van der Waals surface area contributed by atoms with Gasteiger partial charge >= 0.3 is 0 Å². The van der Waals surface area contributed by atoms with Crippen molar-refractivity contribution in [1.82, 2.24) is 10.6 Å². The number of nitrogens with two attached hydrogens (primary N) is 4. The molecule has 0 aliphatic heterocycles. The van der Waals surface area contributed by atoms with Crippen molar-refractivity contribution in [1.29, 1.82) is 0 Å². The molecule has 0 aliphatic carbocycles. The molecule has 0 amide bonds. The highest BCUT2D eigenvalue weighted by Gasteiger charge is 1.91. The first-order valence-corrected chi connectivity index (χ1v) is 6.98. The van der Waals surface area contributed by atoms with Gasteiger partial charge in [0.15, 0.2) is 0 Å². The molecule has 0 heterocycles. The Balaban J connectivity index is 0. The molecule has 0 aliphatic rings. The summed E-state index contributed by atoms with van der Waals surface area (Å²) < 4.78 is 0. The minimum absolute atomic E-state index is 0.158. The van der Waals surface area contributed by atoms with Crippen LogP contribution in [0, 0.1) is 0 Å². The lowest BCUT2D eigenvalue weighted by Crippen LogP contribution is -2.34.